The topological polar surface area (TPSA) is 63.6 Å². The van der Waals surface area contributed by atoms with Crippen molar-refractivity contribution in [1.29, 1.82) is 0 Å². The molecule has 0 fully saturated rings. The predicted octanol–water partition coefficient (Wildman–Crippen LogP) is 3.64. The first kappa shape index (κ1) is 22.6. The maximum Gasteiger partial charge on any atom is 0.161 e. The second kappa shape index (κ2) is 10.5. The highest BCUT2D eigenvalue weighted by Gasteiger charge is 2.32. The molecule has 0 saturated heterocycles. The predicted molar refractivity (Wildman–Crippen MR) is 97.0 cm³/mol. The van der Waals surface area contributed by atoms with Gasteiger partial charge in [0.1, 0.15) is 11.9 Å². The van der Waals surface area contributed by atoms with Gasteiger partial charge in [-0.2, -0.15) is 11.8 Å². The summed E-state index contributed by atoms with van der Waals surface area (Å²) < 4.78 is 5.27. The average molecular weight is 347 g/mol. The van der Waals surface area contributed by atoms with Gasteiger partial charge in [-0.15, -0.1) is 0 Å². The van der Waals surface area contributed by atoms with Crippen molar-refractivity contribution >= 4 is 23.3 Å². The van der Waals surface area contributed by atoms with Gasteiger partial charge in [-0.1, -0.05) is 34.6 Å². The number of thioether (sulfide) groups is 1. The molecule has 0 spiro atoms. The first-order valence-electron chi connectivity index (χ1n) is 8.35. The van der Waals surface area contributed by atoms with Gasteiger partial charge in [-0.25, -0.2) is 0 Å². The van der Waals surface area contributed by atoms with Gasteiger partial charge in [-0.3, -0.25) is 9.59 Å². The van der Waals surface area contributed by atoms with Gasteiger partial charge in [0.2, 0.25) is 0 Å². The van der Waals surface area contributed by atoms with Gasteiger partial charge < -0.3 is 9.84 Å². The molecule has 0 amide bonds. The lowest BCUT2D eigenvalue weighted by Gasteiger charge is -2.28. The van der Waals surface area contributed by atoms with Crippen LogP contribution >= 0.6 is 11.8 Å². The van der Waals surface area contributed by atoms with E-state index in [0.29, 0.717) is 25.9 Å². The van der Waals surface area contributed by atoms with E-state index in [0.717, 1.165) is 12.2 Å². The fourth-order valence-electron chi connectivity index (χ4n) is 2.26. The van der Waals surface area contributed by atoms with E-state index in [1.54, 1.807) is 21.0 Å². The lowest BCUT2D eigenvalue weighted by molar-refractivity contribution is -0.135. The monoisotopic (exact) mass is 346 g/mol. The van der Waals surface area contributed by atoms with Crippen molar-refractivity contribution in [3.05, 3.63) is 0 Å². The van der Waals surface area contributed by atoms with Crippen LogP contribution in [0.5, 0.6) is 0 Å². The quantitative estimate of drug-likeness (QED) is 0.547. The van der Waals surface area contributed by atoms with Crippen LogP contribution in [0, 0.1) is 5.41 Å². The van der Waals surface area contributed by atoms with Crippen molar-refractivity contribution in [3.8, 4) is 0 Å². The van der Waals surface area contributed by atoms with Crippen LogP contribution in [0.2, 0.25) is 0 Å². The van der Waals surface area contributed by atoms with Gasteiger partial charge >= 0.3 is 0 Å². The number of methoxy groups -OCH3 is 1. The van der Waals surface area contributed by atoms with E-state index in [1.807, 2.05) is 11.8 Å². The lowest BCUT2D eigenvalue weighted by atomic mass is 9.84. The molecule has 0 aromatic heterocycles. The van der Waals surface area contributed by atoms with Gasteiger partial charge in [0.25, 0.3) is 0 Å². The highest BCUT2D eigenvalue weighted by atomic mass is 32.2. The van der Waals surface area contributed by atoms with E-state index < -0.39 is 11.5 Å². The summed E-state index contributed by atoms with van der Waals surface area (Å²) in [4.78, 5) is 23.8. The van der Waals surface area contributed by atoms with Crippen molar-refractivity contribution in [1.82, 2.24) is 0 Å². The minimum Gasteiger partial charge on any atom is -0.385 e. The summed E-state index contributed by atoms with van der Waals surface area (Å²) in [5.41, 5.74) is -0.597. The van der Waals surface area contributed by atoms with Crippen LogP contribution in [0.4, 0.5) is 0 Å². The Kier molecular flexibility index (Phi) is 10.3. The summed E-state index contributed by atoms with van der Waals surface area (Å²) in [6.45, 7) is 10.4. The second-order valence-corrected chi connectivity index (χ2v) is 9.67. The molecule has 0 rings (SSSR count). The van der Waals surface area contributed by atoms with Crippen LogP contribution in [-0.4, -0.2) is 47.0 Å². The Bertz CT molecular complexity index is 372. The zero-order valence-corrected chi connectivity index (χ0v) is 16.4. The maximum absolute atomic E-state index is 12.0. The molecule has 0 aromatic rings. The number of rotatable bonds is 12. The Hall–Kier alpha value is -0.390. The molecular formula is C18H34O4S. The van der Waals surface area contributed by atoms with Crippen molar-refractivity contribution in [2.75, 3.05) is 19.5 Å². The normalized spacial score (nSPS) is 13.9. The molecule has 1 atom stereocenters. The number of aliphatic hydroxyl groups excluding tert-OH is 1. The van der Waals surface area contributed by atoms with Crippen LogP contribution in [-0.2, 0) is 14.3 Å². The highest BCUT2D eigenvalue weighted by Crippen LogP contribution is 2.25. The number of Topliss-reactive ketones (excluding diaryl/α,β-unsaturated/α-hetero) is 2. The first-order valence-corrected chi connectivity index (χ1v) is 9.33. The Morgan fingerprint density at radius 3 is 2.13 bits per heavy atom. The van der Waals surface area contributed by atoms with Crippen molar-refractivity contribution in [2.24, 2.45) is 5.41 Å². The summed E-state index contributed by atoms with van der Waals surface area (Å²) in [5.74, 6) is 0.985. The third-order valence-electron chi connectivity index (χ3n) is 3.58. The Morgan fingerprint density at radius 1 is 1.04 bits per heavy atom. The van der Waals surface area contributed by atoms with Crippen molar-refractivity contribution in [2.45, 2.75) is 77.6 Å². The van der Waals surface area contributed by atoms with Crippen molar-refractivity contribution in [3.63, 3.8) is 0 Å². The molecule has 0 saturated carbocycles. The smallest absolute Gasteiger partial charge is 0.161 e. The zero-order valence-electron chi connectivity index (χ0n) is 15.6. The van der Waals surface area contributed by atoms with Crippen LogP contribution in [0.3, 0.4) is 0 Å². The van der Waals surface area contributed by atoms with Gasteiger partial charge in [0.15, 0.2) is 5.78 Å². The molecule has 1 unspecified atom stereocenters. The lowest BCUT2D eigenvalue weighted by Crippen LogP contribution is -2.39. The first-order chi connectivity index (χ1) is 10.5. The molecule has 4 nitrogen and oxygen atoms in total. The van der Waals surface area contributed by atoms with Crippen LogP contribution < -0.4 is 0 Å². The minimum atomic E-state index is -1.04. The number of ether oxygens (including phenoxy) is 1. The molecule has 0 radical (unpaired) electrons. The van der Waals surface area contributed by atoms with Gasteiger partial charge in [-0.05, 0) is 18.6 Å². The largest absolute Gasteiger partial charge is 0.385 e. The molecule has 1 N–H and O–H groups in total. The fraction of sp³-hybridized carbons (Fsp3) is 0.889. The van der Waals surface area contributed by atoms with Crippen LogP contribution in [0.15, 0.2) is 0 Å². The molecule has 0 bridgehead atoms. The molecule has 0 aliphatic heterocycles. The second-order valence-electron chi connectivity index (χ2n) is 7.75. The van der Waals surface area contributed by atoms with E-state index in [-0.39, 0.29) is 22.7 Å². The number of carbonyl (C=O) groups excluding carboxylic acids is 2. The molecule has 5 heteroatoms. The third kappa shape index (κ3) is 10.9. The third-order valence-corrected chi connectivity index (χ3v) is 4.93. The maximum atomic E-state index is 12.0. The molecule has 0 aliphatic rings. The van der Waals surface area contributed by atoms with Crippen molar-refractivity contribution < 1.29 is 19.4 Å². The SMILES string of the molecule is COCC(C)(C)C(O)C(=O)CCCC(=O)CCCSC(C)(C)C. The van der Waals surface area contributed by atoms with Gasteiger partial charge in [0.05, 0.1) is 6.61 Å². The molecule has 23 heavy (non-hydrogen) atoms. The number of ketones is 2. The minimum absolute atomic E-state index is 0.205. The average Bonchev–Trinajstić information content (AvgIpc) is 2.41. The summed E-state index contributed by atoms with van der Waals surface area (Å²) in [5, 5.41) is 10.1. The highest BCUT2D eigenvalue weighted by molar-refractivity contribution is 8.00. The summed E-state index contributed by atoms with van der Waals surface area (Å²) >= 11 is 1.86. The molecule has 0 aliphatic carbocycles. The number of aliphatic hydroxyl groups is 1. The summed E-state index contributed by atoms with van der Waals surface area (Å²) in [7, 11) is 1.55. The molecule has 0 heterocycles. The Balaban J connectivity index is 3.93. The summed E-state index contributed by atoms with van der Waals surface area (Å²) in [6, 6.07) is 0. The molecular weight excluding hydrogens is 312 g/mol. The van der Waals surface area contributed by atoms with Gasteiger partial charge in [0, 0.05) is 36.5 Å². The number of carbonyl (C=O) groups is 2. The number of hydrogen-bond donors (Lipinski definition) is 1. The number of hydrogen-bond acceptors (Lipinski definition) is 5. The van der Waals surface area contributed by atoms with Crippen LogP contribution in [0.1, 0.15) is 66.7 Å². The van der Waals surface area contributed by atoms with E-state index in [9.17, 15) is 14.7 Å². The Morgan fingerprint density at radius 2 is 1.61 bits per heavy atom. The summed E-state index contributed by atoms with van der Waals surface area (Å²) in [6.07, 6.45) is 1.61. The van der Waals surface area contributed by atoms with E-state index in [2.05, 4.69) is 20.8 Å². The Labute approximate surface area is 145 Å². The zero-order chi connectivity index (χ0) is 18.1. The molecule has 0 aromatic carbocycles. The standard InChI is InChI=1S/C18H34O4S/c1-17(2,3)23-12-8-10-14(19)9-7-11-15(20)16(21)18(4,5)13-22-6/h16,21H,7-13H2,1-6H3. The fourth-order valence-corrected chi connectivity index (χ4v) is 3.16. The van der Waals surface area contributed by atoms with Crippen LogP contribution in [0.25, 0.3) is 0 Å². The van der Waals surface area contributed by atoms with E-state index in [1.165, 1.54) is 0 Å². The van der Waals surface area contributed by atoms with E-state index in [4.69, 9.17) is 4.74 Å². The molecule has 136 valence electrons. The van der Waals surface area contributed by atoms with E-state index >= 15 is 0 Å².